The van der Waals surface area contributed by atoms with E-state index in [4.69, 9.17) is 0 Å². The average molecular weight is 443 g/mol. The Hall–Kier alpha value is -1.75. The molecule has 1 aromatic rings. The summed E-state index contributed by atoms with van der Waals surface area (Å²) in [5.74, 6) is 0.537. The molecule has 10 nitrogen and oxygen atoms in total. The Morgan fingerprint density at radius 1 is 0.710 bits per heavy atom. The van der Waals surface area contributed by atoms with E-state index in [9.17, 15) is 20.4 Å². The quantitative estimate of drug-likeness (QED) is 0.156. The van der Waals surface area contributed by atoms with Crippen molar-refractivity contribution >= 4 is 17.8 Å². The zero-order chi connectivity index (χ0) is 23.3. The monoisotopic (exact) mass is 442 g/mol. The molecule has 0 fully saturated rings. The number of aromatic nitrogens is 3. The Balaban J connectivity index is 3.15. The Labute approximate surface area is 186 Å². The van der Waals surface area contributed by atoms with Crippen LogP contribution in [-0.2, 0) is 0 Å². The van der Waals surface area contributed by atoms with E-state index in [1.807, 2.05) is 0 Å². The second-order valence-corrected chi connectivity index (χ2v) is 8.34. The highest BCUT2D eigenvalue weighted by Gasteiger charge is 2.43. The number of aliphatic hydroxyl groups is 4. The third-order valence-electron chi connectivity index (χ3n) is 5.01. The van der Waals surface area contributed by atoms with Crippen molar-refractivity contribution in [2.75, 3.05) is 41.8 Å². The number of nitrogens with zero attached hydrogens (tertiary/aromatic N) is 4. The summed E-state index contributed by atoms with van der Waals surface area (Å²) >= 11 is 0. The van der Waals surface area contributed by atoms with E-state index in [2.05, 4.69) is 39.4 Å². The van der Waals surface area contributed by atoms with Gasteiger partial charge in [-0.3, -0.25) is 4.90 Å². The summed E-state index contributed by atoms with van der Waals surface area (Å²) in [6.07, 6.45) is 8.69. The smallest absolute Gasteiger partial charge is 0.236 e. The van der Waals surface area contributed by atoms with Crippen molar-refractivity contribution < 1.29 is 20.4 Å². The molecule has 6 N–H and O–H groups in total. The number of anilines is 3. The summed E-state index contributed by atoms with van der Waals surface area (Å²) in [5, 5.41) is 47.1. The van der Waals surface area contributed by atoms with Gasteiger partial charge in [0.15, 0.2) is 11.4 Å². The first-order valence-electron chi connectivity index (χ1n) is 11.4. The highest BCUT2D eigenvalue weighted by Crippen LogP contribution is 2.28. The summed E-state index contributed by atoms with van der Waals surface area (Å²) < 4.78 is 0. The number of rotatable bonds is 17. The van der Waals surface area contributed by atoms with Crippen LogP contribution in [0.4, 0.5) is 17.8 Å². The fourth-order valence-corrected chi connectivity index (χ4v) is 3.22. The van der Waals surface area contributed by atoms with E-state index in [0.717, 1.165) is 56.3 Å². The number of hydrogen-bond acceptors (Lipinski definition) is 10. The Bertz CT molecular complexity index is 582. The van der Waals surface area contributed by atoms with Crippen molar-refractivity contribution in [2.24, 2.45) is 0 Å². The van der Waals surface area contributed by atoms with Gasteiger partial charge in [-0.15, -0.1) is 0 Å². The Morgan fingerprint density at radius 3 is 1.48 bits per heavy atom. The molecular weight excluding hydrogens is 400 g/mol. The Morgan fingerprint density at radius 2 is 1.13 bits per heavy atom. The molecule has 2 atom stereocenters. The summed E-state index contributed by atoms with van der Waals surface area (Å²) in [5.41, 5.74) is -3.82. The molecule has 0 aliphatic carbocycles. The molecule has 0 saturated carbocycles. The molecule has 0 aromatic carbocycles. The van der Waals surface area contributed by atoms with Crippen LogP contribution in [0, 0.1) is 0 Å². The van der Waals surface area contributed by atoms with E-state index in [1.165, 1.54) is 13.8 Å². The maximum Gasteiger partial charge on any atom is 0.236 e. The van der Waals surface area contributed by atoms with Gasteiger partial charge in [0.25, 0.3) is 0 Å². The van der Waals surface area contributed by atoms with E-state index >= 15 is 0 Å². The van der Waals surface area contributed by atoms with Crippen molar-refractivity contribution in [1.82, 2.24) is 15.0 Å². The number of aliphatic hydroxyl groups excluding tert-OH is 2. The highest BCUT2D eigenvalue weighted by molar-refractivity contribution is 5.46. The fraction of sp³-hybridized carbons (Fsp3) is 0.857. The predicted octanol–water partition coefficient (Wildman–Crippen LogP) is 2.06. The molecule has 1 rings (SSSR count). The lowest BCUT2D eigenvalue weighted by molar-refractivity contribution is -0.0866. The van der Waals surface area contributed by atoms with Gasteiger partial charge in [0, 0.05) is 13.1 Å². The molecule has 10 heteroatoms. The van der Waals surface area contributed by atoms with Crippen LogP contribution in [0.5, 0.6) is 0 Å². The van der Waals surface area contributed by atoms with Crippen LogP contribution in [-0.4, -0.2) is 73.1 Å². The van der Waals surface area contributed by atoms with Crippen LogP contribution in [0.25, 0.3) is 0 Å². The topological polar surface area (TPSA) is 147 Å². The van der Waals surface area contributed by atoms with Gasteiger partial charge >= 0.3 is 0 Å². The highest BCUT2D eigenvalue weighted by atomic mass is 16.4. The van der Waals surface area contributed by atoms with Crippen LogP contribution >= 0.6 is 0 Å². The zero-order valence-corrected chi connectivity index (χ0v) is 19.6. The molecule has 0 saturated heterocycles. The van der Waals surface area contributed by atoms with E-state index < -0.39 is 24.7 Å². The largest absolute Gasteiger partial charge is 0.391 e. The molecule has 2 unspecified atom stereocenters. The second-order valence-electron chi connectivity index (χ2n) is 8.34. The SMILES string of the molecule is CCCCCCNc1nc(NCCCCCC)nc(N(C(C)(O)CO)C(C)(O)CO)n1. The first-order chi connectivity index (χ1) is 14.7. The second kappa shape index (κ2) is 13.6. The van der Waals surface area contributed by atoms with Crippen LogP contribution in [0.2, 0.25) is 0 Å². The number of unbranched alkanes of at least 4 members (excludes halogenated alkanes) is 6. The summed E-state index contributed by atoms with van der Waals surface area (Å²) in [6, 6.07) is 0. The molecule has 31 heavy (non-hydrogen) atoms. The average Bonchev–Trinajstić information content (AvgIpc) is 2.73. The van der Waals surface area contributed by atoms with Gasteiger partial charge in [0.1, 0.15) is 0 Å². The summed E-state index contributed by atoms with van der Waals surface area (Å²) in [4.78, 5) is 14.1. The number of nitrogens with one attached hydrogen (secondary N) is 2. The summed E-state index contributed by atoms with van der Waals surface area (Å²) in [7, 11) is 0. The standard InChI is InChI=1S/C21H42N6O4/c1-5-7-9-11-13-22-17-24-18(23-14-12-10-8-6-2)26-19(25-17)27(20(3,30)15-28)21(4,31)16-29/h28-31H,5-16H2,1-4H3,(H2,22,23,24,25,26). The minimum atomic E-state index is -1.91. The third kappa shape index (κ3) is 9.10. The molecule has 0 amide bonds. The van der Waals surface area contributed by atoms with Crippen molar-refractivity contribution in [1.29, 1.82) is 0 Å². The first kappa shape index (κ1) is 27.3. The lowest BCUT2D eigenvalue weighted by Gasteiger charge is -2.44. The van der Waals surface area contributed by atoms with Crippen molar-refractivity contribution in [3.8, 4) is 0 Å². The van der Waals surface area contributed by atoms with Crippen molar-refractivity contribution in [3.05, 3.63) is 0 Å². The van der Waals surface area contributed by atoms with Gasteiger partial charge in [-0.05, 0) is 26.7 Å². The first-order valence-corrected chi connectivity index (χ1v) is 11.4. The van der Waals surface area contributed by atoms with Gasteiger partial charge in [-0.25, -0.2) is 0 Å². The van der Waals surface area contributed by atoms with Gasteiger partial charge in [0.2, 0.25) is 17.8 Å². The minimum absolute atomic E-state index is 0.0554. The molecular formula is C21H42N6O4. The van der Waals surface area contributed by atoms with Gasteiger partial charge in [0.05, 0.1) is 13.2 Å². The molecule has 0 aliphatic heterocycles. The molecule has 1 heterocycles. The van der Waals surface area contributed by atoms with Crippen LogP contribution in [0.15, 0.2) is 0 Å². The molecule has 0 aliphatic rings. The molecule has 0 bridgehead atoms. The molecule has 180 valence electrons. The van der Waals surface area contributed by atoms with Crippen LogP contribution in [0.1, 0.15) is 79.1 Å². The molecule has 0 radical (unpaired) electrons. The van der Waals surface area contributed by atoms with Gasteiger partial charge < -0.3 is 31.1 Å². The lowest BCUT2D eigenvalue weighted by atomic mass is 10.1. The normalized spacial score (nSPS) is 15.2. The van der Waals surface area contributed by atoms with Gasteiger partial charge in [-0.1, -0.05) is 52.4 Å². The number of hydrogen-bond donors (Lipinski definition) is 6. The van der Waals surface area contributed by atoms with Crippen molar-refractivity contribution in [2.45, 2.75) is 90.5 Å². The van der Waals surface area contributed by atoms with Crippen molar-refractivity contribution in [3.63, 3.8) is 0 Å². The fourth-order valence-electron chi connectivity index (χ4n) is 3.22. The van der Waals surface area contributed by atoms with E-state index in [-0.39, 0.29) is 5.95 Å². The lowest BCUT2D eigenvalue weighted by Crippen LogP contribution is -2.63. The Kier molecular flexibility index (Phi) is 12.0. The molecule has 0 spiro atoms. The third-order valence-corrected chi connectivity index (χ3v) is 5.01. The van der Waals surface area contributed by atoms with Crippen LogP contribution in [0.3, 0.4) is 0 Å². The minimum Gasteiger partial charge on any atom is -0.391 e. The van der Waals surface area contributed by atoms with Crippen LogP contribution < -0.4 is 15.5 Å². The molecule has 1 aromatic heterocycles. The maximum absolute atomic E-state index is 10.7. The predicted molar refractivity (Wildman–Crippen MR) is 123 cm³/mol. The van der Waals surface area contributed by atoms with Gasteiger partial charge in [-0.2, -0.15) is 15.0 Å². The van der Waals surface area contributed by atoms with E-state index in [0.29, 0.717) is 25.0 Å². The maximum atomic E-state index is 10.7. The zero-order valence-electron chi connectivity index (χ0n) is 19.6. The van der Waals surface area contributed by atoms with E-state index in [1.54, 1.807) is 0 Å². The summed E-state index contributed by atoms with van der Waals surface area (Å²) in [6.45, 7) is 6.88.